The van der Waals surface area contributed by atoms with Crippen LogP contribution in [-0.2, 0) is 13.0 Å². The number of nitrogens with zero attached hydrogens (tertiary/aromatic N) is 4. The van der Waals surface area contributed by atoms with E-state index in [1.165, 1.54) is 0 Å². The summed E-state index contributed by atoms with van der Waals surface area (Å²) in [4.78, 5) is 4.44. The number of nitrogens with one attached hydrogen (secondary N) is 1. The molecule has 2 aromatic heterocycles. The molecule has 5 nitrogen and oxygen atoms in total. The van der Waals surface area contributed by atoms with Crippen LogP contribution in [0.5, 0.6) is 0 Å². The van der Waals surface area contributed by atoms with Crippen LogP contribution >= 0.6 is 0 Å². The summed E-state index contributed by atoms with van der Waals surface area (Å²) in [6.07, 6.45) is 8.64. The lowest BCUT2D eigenvalue weighted by atomic mass is 10.2. The number of imidazole rings is 1. The molecule has 0 aliphatic heterocycles. The van der Waals surface area contributed by atoms with E-state index >= 15 is 0 Å². The Balaban J connectivity index is 1.74. The largest absolute Gasteiger partial charge is 0.333 e. The third-order valence-corrected chi connectivity index (χ3v) is 3.42. The number of likely N-dealkylation sites (N-methyl/N-ethyl adjacent to an activating group) is 1. The molecular formula is C16H19N5. The van der Waals surface area contributed by atoms with Crippen LogP contribution in [0.15, 0.2) is 55.1 Å². The van der Waals surface area contributed by atoms with E-state index in [0.29, 0.717) is 0 Å². The summed E-state index contributed by atoms with van der Waals surface area (Å²) >= 11 is 0. The van der Waals surface area contributed by atoms with Gasteiger partial charge in [0.2, 0.25) is 0 Å². The average molecular weight is 281 g/mol. The Labute approximate surface area is 124 Å². The van der Waals surface area contributed by atoms with Crippen LogP contribution in [0.25, 0.3) is 5.69 Å². The van der Waals surface area contributed by atoms with Crippen molar-refractivity contribution >= 4 is 0 Å². The molecule has 0 fully saturated rings. The summed E-state index contributed by atoms with van der Waals surface area (Å²) in [5, 5.41) is 7.58. The Kier molecular flexibility index (Phi) is 4.12. The number of benzene rings is 1. The van der Waals surface area contributed by atoms with Crippen LogP contribution in [0.3, 0.4) is 0 Å². The SMILES string of the molecule is CNCCn1ccnc1Cc1cnn(-c2ccccc2)c1. The average Bonchev–Trinajstić information content (AvgIpc) is 3.16. The molecule has 3 rings (SSSR count). The summed E-state index contributed by atoms with van der Waals surface area (Å²) in [5.41, 5.74) is 2.23. The number of para-hydroxylation sites is 1. The molecule has 0 saturated heterocycles. The fraction of sp³-hybridized carbons (Fsp3) is 0.250. The van der Waals surface area contributed by atoms with Crippen LogP contribution in [0.1, 0.15) is 11.4 Å². The highest BCUT2D eigenvalue weighted by molar-refractivity contribution is 5.31. The predicted octanol–water partition coefficient (Wildman–Crippen LogP) is 1.88. The van der Waals surface area contributed by atoms with Gasteiger partial charge in [-0.05, 0) is 24.7 Å². The van der Waals surface area contributed by atoms with Gasteiger partial charge < -0.3 is 9.88 Å². The topological polar surface area (TPSA) is 47.7 Å². The Morgan fingerprint density at radius 2 is 2.05 bits per heavy atom. The van der Waals surface area contributed by atoms with Gasteiger partial charge >= 0.3 is 0 Å². The molecule has 0 bridgehead atoms. The minimum atomic E-state index is 0.795. The summed E-state index contributed by atoms with van der Waals surface area (Å²) in [6.45, 7) is 1.87. The van der Waals surface area contributed by atoms with Crippen LogP contribution in [-0.4, -0.2) is 32.9 Å². The second-order valence-electron chi connectivity index (χ2n) is 4.95. The number of hydrogen-bond donors (Lipinski definition) is 1. The maximum absolute atomic E-state index is 4.44. The van der Waals surface area contributed by atoms with Gasteiger partial charge in [-0.3, -0.25) is 0 Å². The van der Waals surface area contributed by atoms with Gasteiger partial charge in [0.05, 0.1) is 11.9 Å². The van der Waals surface area contributed by atoms with Crippen molar-refractivity contribution < 1.29 is 0 Å². The molecule has 0 radical (unpaired) electrons. The molecule has 0 unspecified atom stereocenters. The van der Waals surface area contributed by atoms with Gasteiger partial charge in [-0.2, -0.15) is 5.10 Å². The maximum Gasteiger partial charge on any atom is 0.113 e. The van der Waals surface area contributed by atoms with Crippen LogP contribution < -0.4 is 5.32 Å². The minimum absolute atomic E-state index is 0.795. The first-order valence-corrected chi connectivity index (χ1v) is 7.10. The van der Waals surface area contributed by atoms with E-state index in [1.54, 1.807) is 0 Å². The molecule has 2 heterocycles. The fourth-order valence-electron chi connectivity index (χ4n) is 2.30. The lowest BCUT2D eigenvalue weighted by Gasteiger charge is -2.06. The zero-order valence-electron chi connectivity index (χ0n) is 12.1. The van der Waals surface area contributed by atoms with Crippen molar-refractivity contribution in [2.24, 2.45) is 0 Å². The van der Waals surface area contributed by atoms with Gasteiger partial charge in [0.25, 0.3) is 0 Å². The van der Waals surface area contributed by atoms with Crippen molar-refractivity contribution in [3.63, 3.8) is 0 Å². The second-order valence-corrected chi connectivity index (χ2v) is 4.95. The van der Waals surface area contributed by atoms with Crippen molar-refractivity contribution in [2.75, 3.05) is 13.6 Å². The van der Waals surface area contributed by atoms with E-state index in [2.05, 4.69) is 26.2 Å². The third kappa shape index (κ3) is 3.20. The number of rotatable bonds is 6. The fourth-order valence-corrected chi connectivity index (χ4v) is 2.30. The van der Waals surface area contributed by atoms with Gasteiger partial charge in [-0.1, -0.05) is 18.2 Å². The van der Waals surface area contributed by atoms with Gasteiger partial charge in [-0.15, -0.1) is 0 Å². The molecule has 0 spiro atoms. The zero-order valence-corrected chi connectivity index (χ0v) is 12.1. The van der Waals surface area contributed by atoms with E-state index in [-0.39, 0.29) is 0 Å². The lowest BCUT2D eigenvalue weighted by Crippen LogP contribution is -2.16. The van der Waals surface area contributed by atoms with Gasteiger partial charge in [0.15, 0.2) is 0 Å². The van der Waals surface area contributed by atoms with Crippen molar-refractivity contribution in [1.82, 2.24) is 24.6 Å². The molecule has 5 heteroatoms. The molecule has 21 heavy (non-hydrogen) atoms. The number of aromatic nitrogens is 4. The normalized spacial score (nSPS) is 10.9. The van der Waals surface area contributed by atoms with E-state index in [4.69, 9.17) is 0 Å². The van der Waals surface area contributed by atoms with Crippen molar-refractivity contribution in [1.29, 1.82) is 0 Å². The molecular weight excluding hydrogens is 262 g/mol. The van der Waals surface area contributed by atoms with E-state index in [1.807, 2.05) is 60.7 Å². The summed E-state index contributed by atoms with van der Waals surface area (Å²) in [6, 6.07) is 10.1. The van der Waals surface area contributed by atoms with E-state index in [9.17, 15) is 0 Å². The maximum atomic E-state index is 4.44. The highest BCUT2D eigenvalue weighted by Gasteiger charge is 2.06. The summed E-state index contributed by atoms with van der Waals surface area (Å²) in [5.74, 6) is 1.07. The van der Waals surface area contributed by atoms with Gasteiger partial charge in [0.1, 0.15) is 5.82 Å². The molecule has 3 aromatic rings. The molecule has 108 valence electrons. The smallest absolute Gasteiger partial charge is 0.113 e. The summed E-state index contributed by atoms with van der Waals surface area (Å²) < 4.78 is 4.08. The third-order valence-electron chi connectivity index (χ3n) is 3.42. The van der Waals surface area contributed by atoms with Crippen molar-refractivity contribution in [3.05, 3.63) is 66.5 Å². The Morgan fingerprint density at radius 1 is 1.19 bits per heavy atom. The molecule has 1 N–H and O–H groups in total. The van der Waals surface area contributed by atoms with Crippen LogP contribution in [0.2, 0.25) is 0 Å². The Morgan fingerprint density at radius 3 is 2.86 bits per heavy atom. The van der Waals surface area contributed by atoms with E-state index < -0.39 is 0 Å². The van der Waals surface area contributed by atoms with Crippen molar-refractivity contribution in [2.45, 2.75) is 13.0 Å². The molecule has 1 aromatic carbocycles. The first-order chi connectivity index (χ1) is 10.4. The standard InChI is InChI=1S/C16H19N5/c1-17-7-9-20-10-8-18-16(20)11-14-12-19-21(13-14)15-5-3-2-4-6-15/h2-6,8,10,12-13,17H,7,9,11H2,1H3. The highest BCUT2D eigenvalue weighted by Crippen LogP contribution is 2.11. The minimum Gasteiger partial charge on any atom is -0.333 e. The van der Waals surface area contributed by atoms with Gasteiger partial charge in [0, 0.05) is 38.1 Å². The molecule has 0 atom stereocenters. The monoisotopic (exact) mass is 281 g/mol. The summed E-state index contributed by atoms with van der Waals surface area (Å²) in [7, 11) is 1.96. The first kappa shape index (κ1) is 13.6. The predicted molar refractivity (Wildman–Crippen MR) is 82.5 cm³/mol. The van der Waals surface area contributed by atoms with Crippen LogP contribution in [0.4, 0.5) is 0 Å². The van der Waals surface area contributed by atoms with Gasteiger partial charge in [-0.25, -0.2) is 9.67 Å². The quantitative estimate of drug-likeness (QED) is 0.750. The van der Waals surface area contributed by atoms with Crippen LogP contribution in [0, 0.1) is 0 Å². The Bertz CT molecular complexity index is 684. The zero-order chi connectivity index (χ0) is 14.5. The first-order valence-electron chi connectivity index (χ1n) is 7.10. The Hall–Kier alpha value is -2.40. The molecule has 0 aliphatic carbocycles. The highest BCUT2D eigenvalue weighted by atomic mass is 15.3. The second kappa shape index (κ2) is 6.37. The molecule has 0 amide bonds. The van der Waals surface area contributed by atoms with E-state index in [0.717, 1.165) is 36.6 Å². The molecule has 0 aliphatic rings. The number of hydrogen-bond acceptors (Lipinski definition) is 3. The lowest BCUT2D eigenvalue weighted by molar-refractivity contribution is 0.621. The molecule has 0 saturated carbocycles. The van der Waals surface area contributed by atoms with Crippen molar-refractivity contribution in [3.8, 4) is 5.69 Å².